The van der Waals surface area contributed by atoms with E-state index in [9.17, 15) is 14.3 Å². The maximum Gasteiger partial charge on any atom is 0.220 e. The average Bonchev–Trinajstić information content (AvgIpc) is 2.96. The Hall–Kier alpha value is -1.50. The number of morpholine rings is 1. The number of carbonyl (C=O) groups excluding carboxylic acids is 1. The number of rotatable bonds is 5. The molecular formula is C18H25FN2O3. The number of nitrogens with zero attached hydrogens (tertiary/aromatic N) is 1. The summed E-state index contributed by atoms with van der Waals surface area (Å²) in [6, 6.07) is 6.12. The number of aliphatic hydroxyl groups is 1. The quantitative estimate of drug-likeness (QED) is 0.845. The molecule has 1 aromatic carbocycles. The van der Waals surface area contributed by atoms with Crippen molar-refractivity contribution in [3.8, 4) is 0 Å². The summed E-state index contributed by atoms with van der Waals surface area (Å²) in [4.78, 5) is 14.4. The number of amides is 1. The van der Waals surface area contributed by atoms with Crippen molar-refractivity contribution < 1.29 is 19.0 Å². The second-order valence-corrected chi connectivity index (χ2v) is 6.58. The first kappa shape index (κ1) is 17.3. The van der Waals surface area contributed by atoms with Crippen molar-refractivity contribution in [3.63, 3.8) is 0 Å². The topological polar surface area (TPSA) is 61.8 Å². The van der Waals surface area contributed by atoms with Gasteiger partial charge in [0, 0.05) is 25.6 Å². The van der Waals surface area contributed by atoms with Gasteiger partial charge in [-0.1, -0.05) is 12.1 Å². The Morgan fingerprint density at radius 3 is 2.67 bits per heavy atom. The zero-order chi connectivity index (χ0) is 16.9. The summed E-state index contributed by atoms with van der Waals surface area (Å²) in [5.74, 6) is -0.336. The van der Waals surface area contributed by atoms with Gasteiger partial charge in [-0.25, -0.2) is 4.39 Å². The molecule has 5 nitrogen and oxygen atoms in total. The number of aryl methyl sites for hydroxylation is 1. The summed E-state index contributed by atoms with van der Waals surface area (Å²) in [6.45, 7) is 3.09. The van der Waals surface area contributed by atoms with Crippen molar-refractivity contribution in [2.75, 3.05) is 26.3 Å². The van der Waals surface area contributed by atoms with Crippen molar-refractivity contribution in [2.24, 2.45) is 0 Å². The number of benzene rings is 1. The minimum absolute atomic E-state index is 0.0639. The molecule has 1 saturated carbocycles. The van der Waals surface area contributed by atoms with Crippen molar-refractivity contribution in [1.29, 1.82) is 0 Å². The molecule has 24 heavy (non-hydrogen) atoms. The van der Waals surface area contributed by atoms with Crippen LogP contribution in [-0.2, 0) is 16.0 Å². The Labute approximate surface area is 141 Å². The highest BCUT2D eigenvalue weighted by Gasteiger charge is 2.39. The molecule has 0 bridgehead atoms. The highest BCUT2D eigenvalue weighted by molar-refractivity contribution is 5.76. The van der Waals surface area contributed by atoms with Gasteiger partial charge < -0.3 is 15.2 Å². The van der Waals surface area contributed by atoms with Gasteiger partial charge in [-0.2, -0.15) is 0 Å². The Kier molecular flexibility index (Phi) is 5.81. The molecule has 0 spiro atoms. The molecule has 1 amide bonds. The lowest BCUT2D eigenvalue weighted by atomic mass is 10.1. The Morgan fingerprint density at radius 1 is 1.25 bits per heavy atom. The first-order valence-corrected chi connectivity index (χ1v) is 8.67. The fourth-order valence-electron chi connectivity index (χ4n) is 3.61. The molecule has 0 unspecified atom stereocenters. The Bertz CT molecular complexity index is 546. The van der Waals surface area contributed by atoms with Gasteiger partial charge in [-0.15, -0.1) is 0 Å². The molecule has 1 saturated heterocycles. The number of nitrogens with one attached hydrogen (secondary N) is 1. The van der Waals surface area contributed by atoms with Gasteiger partial charge >= 0.3 is 0 Å². The zero-order valence-corrected chi connectivity index (χ0v) is 13.8. The van der Waals surface area contributed by atoms with Crippen LogP contribution in [0.5, 0.6) is 0 Å². The van der Waals surface area contributed by atoms with Gasteiger partial charge in [0.1, 0.15) is 5.82 Å². The number of aliphatic hydroxyl groups excluding tert-OH is 1. The third kappa shape index (κ3) is 4.32. The van der Waals surface area contributed by atoms with E-state index in [1.165, 1.54) is 12.1 Å². The standard InChI is InChI=1S/C18H25FN2O3/c19-14-4-1-13(2-5-14)3-8-17(22)20-15-6-7-16(18(15)23)21-9-11-24-12-10-21/h1-2,4-5,15-16,18,23H,3,6-12H2,(H,20,22)/t15-,16-,18-/m1/s1. The van der Waals surface area contributed by atoms with E-state index in [0.29, 0.717) is 26.1 Å². The van der Waals surface area contributed by atoms with Crippen molar-refractivity contribution in [2.45, 2.75) is 43.9 Å². The van der Waals surface area contributed by atoms with Gasteiger partial charge in [-0.05, 0) is 37.0 Å². The number of ether oxygens (including phenoxy) is 1. The van der Waals surface area contributed by atoms with E-state index in [4.69, 9.17) is 4.74 Å². The lowest BCUT2D eigenvalue weighted by molar-refractivity contribution is -0.122. The summed E-state index contributed by atoms with van der Waals surface area (Å²) < 4.78 is 18.2. The monoisotopic (exact) mass is 336 g/mol. The molecule has 3 atom stereocenters. The summed E-state index contributed by atoms with van der Waals surface area (Å²) in [7, 11) is 0. The normalized spacial score (nSPS) is 28.0. The molecule has 1 aliphatic carbocycles. The van der Waals surface area contributed by atoms with Gasteiger partial charge in [0.25, 0.3) is 0 Å². The van der Waals surface area contributed by atoms with Crippen molar-refractivity contribution in [3.05, 3.63) is 35.6 Å². The third-order valence-corrected chi connectivity index (χ3v) is 4.99. The molecule has 2 N–H and O–H groups in total. The van der Waals surface area contributed by atoms with Gasteiger partial charge in [-0.3, -0.25) is 9.69 Å². The van der Waals surface area contributed by atoms with E-state index >= 15 is 0 Å². The molecule has 132 valence electrons. The smallest absolute Gasteiger partial charge is 0.220 e. The van der Waals surface area contributed by atoms with Gasteiger partial charge in [0.15, 0.2) is 0 Å². The summed E-state index contributed by atoms with van der Waals surface area (Å²) in [6.07, 6.45) is 2.08. The van der Waals surface area contributed by atoms with Crippen LogP contribution in [-0.4, -0.2) is 60.4 Å². The average molecular weight is 336 g/mol. The fourth-order valence-corrected chi connectivity index (χ4v) is 3.61. The predicted molar refractivity (Wildman–Crippen MR) is 88.1 cm³/mol. The van der Waals surface area contributed by atoms with Crippen LogP contribution in [0.1, 0.15) is 24.8 Å². The second kappa shape index (κ2) is 8.05. The molecule has 6 heteroatoms. The van der Waals surface area contributed by atoms with Crippen LogP contribution in [0.3, 0.4) is 0 Å². The van der Waals surface area contributed by atoms with E-state index in [2.05, 4.69) is 10.2 Å². The maximum atomic E-state index is 12.9. The highest BCUT2D eigenvalue weighted by atomic mass is 19.1. The lowest BCUT2D eigenvalue weighted by Gasteiger charge is -2.34. The molecule has 2 aliphatic rings. The number of hydrogen-bond donors (Lipinski definition) is 2. The van der Waals surface area contributed by atoms with E-state index in [-0.39, 0.29) is 23.8 Å². The van der Waals surface area contributed by atoms with Crippen molar-refractivity contribution in [1.82, 2.24) is 10.2 Å². The van der Waals surface area contributed by atoms with E-state index < -0.39 is 6.10 Å². The van der Waals surface area contributed by atoms with E-state index in [1.807, 2.05) is 0 Å². The zero-order valence-electron chi connectivity index (χ0n) is 13.8. The van der Waals surface area contributed by atoms with Crippen LogP contribution in [0.4, 0.5) is 4.39 Å². The molecule has 3 rings (SSSR count). The summed E-state index contributed by atoms with van der Waals surface area (Å²) >= 11 is 0. The van der Waals surface area contributed by atoms with Crippen LogP contribution in [0.2, 0.25) is 0 Å². The molecule has 1 heterocycles. The highest BCUT2D eigenvalue weighted by Crippen LogP contribution is 2.25. The van der Waals surface area contributed by atoms with Crippen molar-refractivity contribution >= 4 is 5.91 Å². The molecular weight excluding hydrogens is 311 g/mol. The minimum Gasteiger partial charge on any atom is -0.389 e. The molecule has 0 aromatic heterocycles. The largest absolute Gasteiger partial charge is 0.389 e. The van der Waals surface area contributed by atoms with Crippen LogP contribution < -0.4 is 5.32 Å². The fraction of sp³-hybridized carbons (Fsp3) is 0.611. The van der Waals surface area contributed by atoms with E-state index in [1.54, 1.807) is 12.1 Å². The molecule has 2 fully saturated rings. The predicted octanol–water partition coefficient (Wildman–Crippen LogP) is 1.10. The van der Waals surface area contributed by atoms with Crippen LogP contribution >= 0.6 is 0 Å². The second-order valence-electron chi connectivity index (χ2n) is 6.58. The molecule has 1 aromatic rings. The minimum atomic E-state index is -0.530. The Balaban J connectivity index is 1.45. The number of carbonyl (C=O) groups is 1. The third-order valence-electron chi connectivity index (χ3n) is 4.99. The van der Waals surface area contributed by atoms with Gasteiger partial charge in [0.05, 0.1) is 25.4 Å². The summed E-state index contributed by atoms with van der Waals surface area (Å²) in [5.41, 5.74) is 0.935. The van der Waals surface area contributed by atoms with Crippen LogP contribution in [0.15, 0.2) is 24.3 Å². The van der Waals surface area contributed by atoms with Crippen LogP contribution in [0, 0.1) is 5.82 Å². The maximum absolute atomic E-state index is 12.9. The van der Waals surface area contributed by atoms with Crippen LogP contribution in [0.25, 0.3) is 0 Å². The molecule has 1 aliphatic heterocycles. The number of hydrogen-bond acceptors (Lipinski definition) is 4. The van der Waals surface area contributed by atoms with E-state index in [0.717, 1.165) is 31.5 Å². The lowest BCUT2D eigenvalue weighted by Crippen LogP contribution is -2.51. The molecule has 0 radical (unpaired) electrons. The summed E-state index contributed by atoms with van der Waals surface area (Å²) in [5, 5.41) is 13.5. The first-order chi connectivity index (χ1) is 11.6. The SMILES string of the molecule is O=C(CCc1ccc(F)cc1)N[C@@H]1CC[C@@H](N2CCOCC2)[C@@H]1O. The first-order valence-electron chi connectivity index (χ1n) is 8.67. The Morgan fingerprint density at radius 2 is 1.96 bits per heavy atom. The number of halogens is 1. The van der Waals surface area contributed by atoms with Gasteiger partial charge in [0.2, 0.25) is 5.91 Å².